The molecule has 2 heterocycles. The number of amides is 1. The molecule has 1 fully saturated rings. The van der Waals surface area contributed by atoms with Crippen LogP contribution in [0.3, 0.4) is 0 Å². The van der Waals surface area contributed by atoms with Crippen molar-refractivity contribution >= 4 is 11.6 Å². The molecule has 6 nitrogen and oxygen atoms in total. The third-order valence-electron chi connectivity index (χ3n) is 6.12. The lowest BCUT2D eigenvalue weighted by Crippen LogP contribution is -2.40. The Hall–Kier alpha value is -2.86. The minimum atomic E-state index is -0.200. The first-order valence-corrected chi connectivity index (χ1v) is 11.0. The van der Waals surface area contributed by atoms with Crippen molar-refractivity contribution in [3.63, 3.8) is 0 Å². The van der Waals surface area contributed by atoms with E-state index in [2.05, 4.69) is 30.0 Å². The Morgan fingerprint density at radius 1 is 1.06 bits per heavy atom. The van der Waals surface area contributed by atoms with Gasteiger partial charge in [-0.15, -0.1) is 0 Å². The van der Waals surface area contributed by atoms with E-state index in [1.807, 2.05) is 24.3 Å². The number of likely N-dealkylation sites (tertiary alicyclic amines) is 1. The number of ether oxygens (including phenoxy) is 2. The number of hydrazone groups is 1. The quantitative estimate of drug-likeness (QED) is 0.702. The molecule has 164 valence electrons. The van der Waals surface area contributed by atoms with E-state index >= 15 is 0 Å². The monoisotopic (exact) mass is 421 g/mol. The van der Waals surface area contributed by atoms with Crippen LogP contribution in [0.5, 0.6) is 11.5 Å². The summed E-state index contributed by atoms with van der Waals surface area (Å²) < 4.78 is 11.0. The maximum atomic E-state index is 13.4. The highest BCUT2D eigenvalue weighted by atomic mass is 16.5. The molecule has 2 aliphatic rings. The van der Waals surface area contributed by atoms with Crippen LogP contribution < -0.4 is 9.47 Å². The summed E-state index contributed by atoms with van der Waals surface area (Å²) in [6.07, 6.45) is 4.20. The van der Waals surface area contributed by atoms with Gasteiger partial charge in [0.15, 0.2) is 0 Å². The molecule has 6 heteroatoms. The third kappa shape index (κ3) is 4.74. The van der Waals surface area contributed by atoms with Gasteiger partial charge in [-0.3, -0.25) is 9.69 Å². The Morgan fingerprint density at radius 3 is 2.58 bits per heavy atom. The zero-order chi connectivity index (χ0) is 21.8. The van der Waals surface area contributed by atoms with Crippen LogP contribution in [0.4, 0.5) is 0 Å². The lowest BCUT2D eigenvalue weighted by molar-refractivity contribution is -0.134. The van der Waals surface area contributed by atoms with E-state index in [9.17, 15) is 4.79 Å². The molecule has 2 aromatic rings. The highest BCUT2D eigenvalue weighted by Gasteiger charge is 2.35. The van der Waals surface area contributed by atoms with Crippen molar-refractivity contribution in [3.8, 4) is 11.5 Å². The Labute approximate surface area is 184 Å². The second-order valence-electron chi connectivity index (χ2n) is 8.32. The summed E-state index contributed by atoms with van der Waals surface area (Å²) in [5, 5.41) is 6.50. The van der Waals surface area contributed by atoms with Crippen LogP contribution in [0.1, 0.15) is 48.4 Å². The van der Waals surface area contributed by atoms with Crippen LogP contribution in [-0.2, 0) is 4.79 Å². The molecule has 4 rings (SSSR count). The van der Waals surface area contributed by atoms with Gasteiger partial charge in [0.1, 0.15) is 11.5 Å². The number of carbonyl (C=O) groups excluding carboxylic acids is 1. The molecule has 0 saturated carbocycles. The smallest absolute Gasteiger partial charge is 0.257 e. The van der Waals surface area contributed by atoms with Gasteiger partial charge in [0.2, 0.25) is 0 Å². The third-order valence-corrected chi connectivity index (χ3v) is 6.12. The minimum Gasteiger partial charge on any atom is -0.497 e. The number of hydrogen-bond donors (Lipinski definition) is 0. The topological polar surface area (TPSA) is 54.4 Å². The number of aryl methyl sites for hydroxylation is 1. The van der Waals surface area contributed by atoms with Crippen molar-refractivity contribution < 1.29 is 14.3 Å². The number of benzene rings is 2. The summed E-state index contributed by atoms with van der Waals surface area (Å²) in [6, 6.07) is 13.9. The van der Waals surface area contributed by atoms with Crippen molar-refractivity contribution in [2.75, 3.05) is 33.9 Å². The fraction of sp³-hybridized carbons (Fsp3) is 0.440. The number of nitrogens with zero attached hydrogens (tertiary/aromatic N) is 3. The average molecular weight is 422 g/mol. The number of methoxy groups -OCH3 is 2. The van der Waals surface area contributed by atoms with Crippen LogP contribution in [0.15, 0.2) is 47.6 Å². The molecule has 0 aliphatic carbocycles. The number of hydrogen-bond acceptors (Lipinski definition) is 5. The minimum absolute atomic E-state index is 0.0347. The maximum absolute atomic E-state index is 13.4. The molecule has 1 atom stereocenters. The zero-order valence-corrected chi connectivity index (χ0v) is 18.6. The Bertz CT molecular complexity index is 966. The Kier molecular flexibility index (Phi) is 6.56. The van der Waals surface area contributed by atoms with Crippen molar-refractivity contribution in [3.05, 3.63) is 59.2 Å². The summed E-state index contributed by atoms with van der Waals surface area (Å²) in [4.78, 5) is 15.6. The van der Waals surface area contributed by atoms with Gasteiger partial charge in [-0.05, 0) is 50.6 Å². The maximum Gasteiger partial charge on any atom is 0.257 e. The molecule has 0 aromatic heterocycles. The van der Waals surface area contributed by atoms with E-state index in [4.69, 9.17) is 14.6 Å². The molecular formula is C25H31N3O3. The standard InChI is InChI=1S/C25H31N3O3/c1-18-8-7-9-19(14-18)22-16-23(21-11-10-20(30-2)15-24(21)31-3)28(26-22)25(29)17-27-12-5-4-6-13-27/h7-11,14-15,23H,4-6,12-13,16-17H2,1-3H3/t23-/m1/s1. The largest absolute Gasteiger partial charge is 0.497 e. The molecule has 2 aromatic carbocycles. The Balaban J connectivity index is 1.66. The van der Waals surface area contributed by atoms with E-state index in [0.717, 1.165) is 48.5 Å². The second kappa shape index (κ2) is 9.52. The molecule has 0 N–H and O–H groups in total. The van der Waals surface area contributed by atoms with Crippen molar-refractivity contribution in [1.82, 2.24) is 9.91 Å². The normalized spacial score (nSPS) is 19.3. The van der Waals surface area contributed by atoms with E-state index in [1.54, 1.807) is 19.2 Å². The predicted molar refractivity (Wildman–Crippen MR) is 122 cm³/mol. The van der Waals surface area contributed by atoms with E-state index in [0.29, 0.717) is 18.7 Å². The van der Waals surface area contributed by atoms with Crippen LogP contribution in [0.2, 0.25) is 0 Å². The fourth-order valence-electron chi connectivity index (χ4n) is 4.46. The van der Waals surface area contributed by atoms with Crippen molar-refractivity contribution in [2.45, 2.75) is 38.6 Å². The molecule has 0 spiro atoms. The molecular weight excluding hydrogens is 390 g/mol. The van der Waals surface area contributed by atoms with Crippen LogP contribution in [0.25, 0.3) is 0 Å². The van der Waals surface area contributed by atoms with Gasteiger partial charge in [-0.1, -0.05) is 36.2 Å². The van der Waals surface area contributed by atoms with Gasteiger partial charge < -0.3 is 9.47 Å². The summed E-state index contributed by atoms with van der Waals surface area (Å²) in [7, 11) is 3.28. The fourth-order valence-corrected chi connectivity index (χ4v) is 4.46. The first-order valence-electron chi connectivity index (χ1n) is 11.0. The Morgan fingerprint density at radius 2 is 1.87 bits per heavy atom. The average Bonchev–Trinajstić information content (AvgIpc) is 3.25. The number of piperidine rings is 1. The molecule has 0 radical (unpaired) electrons. The predicted octanol–water partition coefficient (Wildman–Crippen LogP) is 4.18. The number of carbonyl (C=O) groups is 1. The molecule has 2 aliphatic heterocycles. The van der Waals surface area contributed by atoms with E-state index in [1.165, 1.54) is 12.0 Å². The van der Waals surface area contributed by atoms with Crippen molar-refractivity contribution in [1.29, 1.82) is 0 Å². The lowest BCUT2D eigenvalue weighted by Gasteiger charge is -2.29. The summed E-state index contributed by atoms with van der Waals surface area (Å²) in [6.45, 7) is 4.43. The van der Waals surface area contributed by atoms with Gasteiger partial charge in [0.25, 0.3) is 5.91 Å². The SMILES string of the molecule is COc1ccc([C@H]2CC(c3cccc(C)c3)=NN2C(=O)CN2CCCCC2)c(OC)c1. The lowest BCUT2D eigenvalue weighted by atomic mass is 9.96. The first-order chi connectivity index (χ1) is 15.1. The molecule has 0 bridgehead atoms. The van der Waals surface area contributed by atoms with Gasteiger partial charge in [-0.2, -0.15) is 5.10 Å². The van der Waals surface area contributed by atoms with Crippen molar-refractivity contribution in [2.24, 2.45) is 5.10 Å². The second-order valence-corrected chi connectivity index (χ2v) is 8.32. The summed E-state index contributed by atoms with van der Waals surface area (Å²) in [5.74, 6) is 1.47. The van der Waals surface area contributed by atoms with Gasteiger partial charge in [-0.25, -0.2) is 5.01 Å². The molecule has 1 saturated heterocycles. The van der Waals surface area contributed by atoms with Gasteiger partial charge in [0, 0.05) is 18.1 Å². The highest BCUT2D eigenvalue weighted by Crippen LogP contribution is 2.39. The van der Waals surface area contributed by atoms with E-state index in [-0.39, 0.29) is 11.9 Å². The van der Waals surface area contributed by atoms with E-state index < -0.39 is 0 Å². The number of rotatable bonds is 6. The van der Waals surface area contributed by atoms with Gasteiger partial charge >= 0.3 is 0 Å². The first kappa shape index (κ1) is 21.4. The zero-order valence-electron chi connectivity index (χ0n) is 18.6. The molecule has 31 heavy (non-hydrogen) atoms. The molecule has 0 unspecified atom stereocenters. The van der Waals surface area contributed by atoms with Crippen LogP contribution in [0, 0.1) is 6.92 Å². The molecule has 1 amide bonds. The summed E-state index contributed by atoms with van der Waals surface area (Å²) >= 11 is 0. The van der Waals surface area contributed by atoms with Crippen LogP contribution >= 0.6 is 0 Å². The highest BCUT2D eigenvalue weighted by molar-refractivity contribution is 6.03. The van der Waals surface area contributed by atoms with Gasteiger partial charge in [0.05, 0.1) is 32.5 Å². The van der Waals surface area contributed by atoms with Crippen LogP contribution in [-0.4, -0.2) is 55.4 Å². The summed E-state index contributed by atoms with van der Waals surface area (Å²) in [5.41, 5.74) is 4.11.